The van der Waals surface area contributed by atoms with Crippen LogP contribution < -0.4 is 11.1 Å². The molecule has 1 aliphatic heterocycles. The summed E-state index contributed by atoms with van der Waals surface area (Å²) in [6.45, 7) is 4.17. The van der Waals surface area contributed by atoms with Gasteiger partial charge in [-0.25, -0.2) is 0 Å². The number of hydrogen-bond acceptors (Lipinski definition) is 3. The maximum absolute atomic E-state index is 12.1. The minimum absolute atomic E-state index is 0. The van der Waals surface area contributed by atoms with E-state index in [-0.39, 0.29) is 18.3 Å². The minimum Gasteiger partial charge on any atom is -0.329 e. The van der Waals surface area contributed by atoms with Crippen LogP contribution in [0.4, 0.5) is 5.69 Å². The minimum atomic E-state index is -0.0136. The molecule has 0 bridgehead atoms. The van der Waals surface area contributed by atoms with Crippen LogP contribution in [0, 0.1) is 5.92 Å². The van der Waals surface area contributed by atoms with Crippen LogP contribution in [0.25, 0.3) is 0 Å². The van der Waals surface area contributed by atoms with Crippen LogP contribution in [0.1, 0.15) is 19.8 Å². The summed E-state index contributed by atoms with van der Waals surface area (Å²) in [5, 5.41) is 3.50. The molecular weight excluding hydrogens is 309 g/mol. The van der Waals surface area contributed by atoms with Crippen molar-refractivity contribution in [2.24, 2.45) is 11.7 Å². The molecule has 0 saturated carbocycles. The van der Waals surface area contributed by atoms with Gasteiger partial charge in [0.15, 0.2) is 0 Å². The monoisotopic (exact) mass is 331 g/mol. The molecule has 2 unspecified atom stereocenters. The van der Waals surface area contributed by atoms with E-state index in [2.05, 4.69) is 17.1 Å². The third-order valence-electron chi connectivity index (χ3n) is 3.83. The van der Waals surface area contributed by atoms with Crippen LogP contribution >= 0.6 is 24.0 Å². The zero-order chi connectivity index (χ0) is 14.5. The third-order valence-corrected chi connectivity index (χ3v) is 4.06. The van der Waals surface area contributed by atoms with E-state index in [4.69, 9.17) is 17.3 Å². The lowest BCUT2D eigenvalue weighted by Crippen LogP contribution is -2.49. The number of halogens is 2. The molecule has 0 radical (unpaired) electrons. The fraction of sp³-hybridized carbons (Fsp3) is 0.533. The number of hydrogen-bond donors (Lipinski definition) is 2. The highest BCUT2D eigenvalue weighted by Gasteiger charge is 2.26. The summed E-state index contributed by atoms with van der Waals surface area (Å²) >= 11 is 5.90. The lowest BCUT2D eigenvalue weighted by atomic mass is 9.92. The van der Waals surface area contributed by atoms with Crippen molar-refractivity contribution in [1.82, 2.24) is 4.90 Å². The Bertz CT molecular complexity index is 470. The average molecular weight is 332 g/mol. The van der Waals surface area contributed by atoms with Gasteiger partial charge in [-0.1, -0.05) is 24.6 Å². The molecule has 21 heavy (non-hydrogen) atoms. The Labute approximate surface area is 137 Å². The molecule has 0 aromatic heterocycles. The highest BCUT2D eigenvalue weighted by atomic mass is 35.5. The number of likely N-dealkylation sites (tertiary alicyclic amines) is 1. The zero-order valence-electron chi connectivity index (χ0n) is 12.2. The second-order valence-electron chi connectivity index (χ2n) is 5.55. The number of anilines is 1. The van der Waals surface area contributed by atoms with Crippen molar-refractivity contribution in [1.29, 1.82) is 0 Å². The Balaban J connectivity index is 0.00000220. The van der Waals surface area contributed by atoms with Crippen molar-refractivity contribution in [3.63, 3.8) is 0 Å². The molecule has 1 amide bonds. The van der Waals surface area contributed by atoms with Gasteiger partial charge in [0, 0.05) is 23.3 Å². The van der Waals surface area contributed by atoms with Crippen LogP contribution in [0.15, 0.2) is 24.3 Å². The van der Waals surface area contributed by atoms with Crippen molar-refractivity contribution in [2.45, 2.75) is 25.8 Å². The molecule has 2 rings (SSSR count). The van der Waals surface area contributed by atoms with Gasteiger partial charge >= 0.3 is 0 Å². The van der Waals surface area contributed by atoms with Crippen LogP contribution in [-0.4, -0.2) is 36.5 Å². The van der Waals surface area contributed by atoms with Crippen molar-refractivity contribution in [3.05, 3.63) is 29.3 Å². The lowest BCUT2D eigenvalue weighted by Gasteiger charge is -2.37. The average Bonchev–Trinajstić information content (AvgIpc) is 2.40. The number of amides is 1. The number of piperidine rings is 1. The molecule has 0 aliphatic carbocycles. The molecule has 4 nitrogen and oxygen atoms in total. The Morgan fingerprint density at radius 1 is 1.52 bits per heavy atom. The van der Waals surface area contributed by atoms with E-state index in [1.165, 1.54) is 0 Å². The van der Waals surface area contributed by atoms with E-state index in [0.717, 1.165) is 25.1 Å². The molecule has 3 N–H and O–H groups in total. The third kappa shape index (κ3) is 5.47. The SMILES string of the molecule is CC1CCN(CC(=O)Nc2cccc(Cl)c2)C(CN)C1.Cl. The van der Waals surface area contributed by atoms with Crippen LogP contribution in [-0.2, 0) is 4.79 Å². The summed E-state index contributed by atoms with van der Waals surface area (Å²) in [5.41, 5.74) is 6.55. The second-order valence-corrected chi connectivity index (χ2v) is 5.98. The predicted molar refractivity (Wildman–Crippen MR) is 90.1 cm³/mol. The maximum Gasteiger partial charge on any atom is 0.238 e. The predicted octanol–water partition coefficient (Wildman–Crippen LogP) is 2.76. The summed E-state index contributed by atoms with van der Waals surface area (Å²) in [5.74, 6) is 0.677. The fourth-order valence-electron chi connectivity index (χ4n) is 2.70. The Morgan fingerprint density at radius 3 is 2.95 bits per heavy atom. The van der Waals surface area contributed by atoms with Gasteiger partial charge in [0.25, 0.3) is 0 Å². The number of benzene rings is 1. The molecule has 1 aromatic rings. The molecule has 0 spiro atoms. The normalized spacial score (nSPS) is 22.4. The molecule has 1 saturated heterocycles. The van der Waals surface area contributed by atoms with Gasteiger partial charge in [-0.15, -0.1) is 12.4 Å². The molecule has 2 atom stereocenters. The smallest absolute Gasteiger partial charge is 0.238 e. The molecule has 1 heterocycles. The summed E-state index contributed by atoms with van der Waals surface area (Å²) in [4.78, 5) is 14.3. The standard InChI is InChI=1S/C15H22ClN3O.ClH/c1-11-5-6-19(14(7-11)9-17)10-15(20)18-13-4-2-3-12(16)8-13;/h2-4,8,11,14H,5-7,9-10,17H2,1H3,(H,18,20);1H. The van der Waals surface area contributed by atoms with Gasteiger partial charge < -0.3 is 11.1 Å². The molecular formula is C15H23Cl2N3O. The van der Waals surface area contributed by atoms with Gasteiger partial charge in [-0.05, 0) is 43.5 Å². The second kappa shape index (κ2) is 8.59. The highest BCUT2D eigenvalue weighted by molar-refractivity contribution is 6.30. The van der Waals surface area contributed by atoms with Crippen molar-refractivity contribution in [3.8, 4) is 0 Å². The van der Waals surface area contributed by atoms with Gasteiger partial charge in [-0.3, -0.25) is 9.69 Å². The van der Waals surface area contributed by atoms with E-state index in [9.17, 15) is 4.79 Å². The Morgan fingerprint density at radius 2 is 2.29 bits per heavy atom. The van der Waals surface area contributed by atoms with Gasteiger partial charge in [-0.2, -0.15) is 0 Å². The van der Waals surface area contributed by atoms with Crippen LogP contribution in [0.2, 0.25) is 5.02 Å². The lowest BCUT2D eigenvalue weighted by molar-refractivity contribution is -0.118. The van der Waals surface area contributed by atoms with Gasteiger partial charge in [0.05, 0.1) is 6.54 Å². The van der Waals surface area contributed by atoms with E-state index in [1.807, 2.05) is 12.1 Å². The summed E-state index contributed by atoms with van der Waals surface area (Å²) < 4.78 is 0. The number of nitrogens with two attached hydrogens (primary N) is 1. The van der Waals surface area contributed by atoms with E-state index in [0.29, 0.717) is 30.1 Å². The number of carbonyl (C=O) groups is 1. The summed E-state index contributed by atoms with van der Waals surface area (Å²) in [6.07, 6.45) is 2.20. The number of carbonyl (C=O) groups excluding carboxylic acids is 1. The quantitative estimate of drug-likeness (QED) is 0.891. The van der Waals surface area contributed by atoms with Crippen LogP contribution in [0.5, 0.6) is 0 Å². The van der Waals surface area contributed by atoms with E-state index < -0.39 is 0 Å². The van der Waals surface area contributed by atoms with Gasteiger partial charge in [0.1, 0.15) is 0 Å². The summed E-state index contributed by atoms with van der Waals surface area (Å²) in [6, 6.07) is 7.50. The molecule has 1 aromatic carbocycles. The first kappa shape index (κ1) is 18.2. The first-order valence-corrected chi connectivity index (χ1v) is 7.46. The fourth-order valence-corrected chi connectivity index (χ4v) is 2.90. The van der Waals surface area contributed by atoms with Crippen molar-refractivity contribution in [2.75, 3.05) is 25.0 Å². The largest absolute Gasteiger partial charge is 0.329 e. The molecule has 1 fully saturated rings. The molecule has 6 heteroatoms. The van der Waals surface area contributed by atoms with Crippen molar-refractivity contribution >= 4 is 35.6 Å². The summed E-state index contributed by atoms with van der Waals surface area (Å²) in [7, 11) is 0. The highest BCUT2D eigenvalue weighted by Crippen LogP contribution is 2.22. The van der Waals surface area contributed by atoms with Gasteiger partial charge in [0.2, 0.25) is 5.91 Å². The number of nitrogens with one attached hydrogen (secondary N) is 1. The Kier molecular flexibility index (Phi) is 7.46. The number of rotatable bonds is 4. The topological polar surface area (TPSA) is 58.4 Å². The Hall–Kier alpha value is -0.810. The van der Waals surface area contributed by atoms with Crippen LogP contribution in [0.3, 0.4) is 0 Å². The molecule has 118 valence electrons. The van der Waals surface area contributed by atoms with E-state index in [1.54, 1.807) is 12.1 Å². The van der Waals surface area contributed by atoms with E-state index >= 15 is 0 Å². The number of nitrogens with zero attached hydrogens (tertiary/aromatic N) is 1. The first-order valence-electron chi connectivity index (χ1n) is 7.08. The molecule has 1 aliphatic rings. The van der Waals surface area contributed by atoms with Crippen molar-refractivity contribution < 1.29 is 4.79 Å². The maximum atomic E-state index is 12.1. The zero-order valence-corrected chi connectivity index (χ0v) is 13.8. The first-order chi connectivity index (χ1) is 9.58.